The number of aromatic nitrogens is 5. The van der Waals surface area contributed by atoms with E-state index in [-0.39, 0.29) is 0 Å². The van der Waals surface area contributed by atoms with Crippen molar-refractivity contribution >= 4 is 16.9 Å². The average molecular weight is 255 g/mol. The lowest BCUT2D eigenvalue weighted by Gasteiger charge is -2.04. The molecule has 3 rings (SSSR count). The minimum atomic E-state index is 0.542. The maximum atomic E-state index is 5.48. The molecule has 0 amide bonds. The van der Waals surface area contributed by atoms with Crippen LogP contribution in [0.3, 0.4) is 0 Å². The smallest absolute Gasteiger partial charge is 0.170 e. The minimum absolute atomic E-state index is 0.542. The van der Waals surface area contributed by atoms with Gasteiger partial charge in [-0.3, -0.25) is 0 Å². The fourth-order valence-electron chi connectivity index (χ4n) is 1.82. The molecule has 3 N–H and O–H groups in total. The van der Waals surface area contributed by atoms with E-state index in [0.29, 0.717) is 18.7 Å². The first-order valence-electron chi connectivity index (χ1n) is 5.94. The molecule has 7 nitrogen and oxygen atoms in total. The van der Waals surface area contributed by atoms with E-state index in [1.165, 1.54) is 6.33 Å². The van der Waals surface area contributed by atoms with Crippen LogP contribution < -0.4 is 11.1 Å². The second-order valence-electron chi connectivity index (χ2n) is 3.92. The van der Waals surface area contributed by atoms with Crippen molar-refractivity contribution < 1.29 is 0 Å². The number of hydrogen-bond donors (Lipinski definition) is 2. The highest BCUT2D eigenvalue weighted by Crippen LogP contribution is 2.20. The topological polar surface area (TPSA) is 94.5 Å². The molecule has 7 heteroatoms. The average Bonchev–Trinajstić information content (AvgIpc) is 2.90. The van der Waals surface area contributed by atoms with Crippen LogP contribution in [-0.2, 0) is 0 Å². The lowest BCUT2D eigenvalue weighted by Crippen LogP contribution is -2.14. The van der Waals surface area contributed by atoms with Crippen molar-refractivity contribution in [2.75, 3.05) is 18.4 Å². The van der Waals surface area contributed by atoms with Crippen molar-refractivity contribution in [1.82, 2.24) is 24.7 Å². The van der Waals surface area contributed by atoms with Gasteiger partial charge in [0.05, 0.1) is 11.6 Å². The fraction of sp³-hybridized carbons (Fsp3) is 0.167. The zero-order valence-electron chi connectivity index (χ0n) is 10.2. The summed E-state index contributed by atoms with van der Waals surface area (Å²) in [6.45, 7) is 1.20. The van der Waals surface area contributed by atoms with E-state index in [4.69, 9.17) is 5.73 Å². The molecule has 3 heterocycles. The number of anilines is 1. The van der Waals surface area contributed by atoms with E-state index in [1.807, 2.05) is 18.2 Å². The van der Waals surface area contributed by atoms with Crippen molar-refractivity contribution in [2.24, 2.45) is 5.73 Å². The van der Waals surface area contributed by atoms with Crippen molar-refractivity contribution in [3.63, 3.8) is 0 Å². The molecule has 0 aliphatic carbocycles. The first-order valence-corrected chi connectivity index (χ1v) is 5.94. The van der Waals surface area contributed by atoms with Gasteiger partial charge in [-0.2, -0.15) is 9.78 Å². The first-order chi connectivity index (χ1) is 9.40. The van der Waals surface area contributed by atoms with E-state index in [9.17, 15) is 0 Å². The van der Waals surface area contributed by atoms with Crippen LogP contribution in [-0.4, -0.2) is 37.8 Å². The van der Waals surface area contributed by atoms with Gasteiger partial charge in [0.2, 0.25) is 0 Å². The van der Waals surface area contributed by atoms with Gasteiger partial charge < -0.3 is 11.1 Å². The van der Waals surface area contributed by atoms with Crippen LogP contribution in [0.5, 0.6) is 0 Å². The van der Waals surface area contributed by atoms with E-state index >= 15 is 0 Å². The molecule has 0 aliphatic rings. The molecule has 19 heavy (non-hydrogen) atoms. The summed E-state index contributed by atoms with van der Waals surface area (Å²) in [6.07, 6.45) is 4.95. The number of pyridine rings is 1. The Balaban J connectivity index is 2.09. The van der Waals surface area contributed by atoms with Crippen LogP contribution in [0.2, 0.25) is 0 Å². The second kappa shape index (κ2) is 4.99. The lowest BCUT2D eigenvalue weighted by molar-refractivity contribution is 0.861. The summed E-state index contributed by atoms with van der Waals surface area (Å²) in [5.74, 6) is 1.46. The normalized spacial score (nSPS) is 10.8. The van der Waals surface area contributed by atoms with Crippen LogP contribution in [0, 0.1) is 0 Å². The highest BCUT2D eigenvalue weighted by atomic mass is 15.3. The van der Waals surface area contributed by atoms with Gasteiger partial charge in [0.15, 0.2) is 11.5 Å². The summed E-state index contributed by atoms with van der Waals surface area (Å²) in [5.41, 5.74) is 6.20. The molecule has 0 unspecified atom stereocenters. The quantitative estimate of drug-likeness (QED) is 0.708. The molecule has 0 radical (unpaired) electrons. The summed E-state index contributed by atoms with van der Waals surface area (Å²) >= 11 is 0. The Hall–Kier alpha value is -2.54. The highest BCUT2D eigenvalue weighted by molar-refractivity contribution is 5.86. The predicted octanol–water partition coefficient (Wildman–Crippen LogP) is 0.581. The molecular weight excluding hydrogens is 242 g/mol. The van der Waals surface area contributed by atoms with Crippen LogP contribution >= 0.6 is 0 Å². The number of nitrogens with one attached hydrogen (secondary N) is 1. The summed E-state index contributed by atoms with van der Waals surface area (Å²) < 4.78 is 1.69. The van der Waals surface area contributed by atoms with Crippen LogP contribution in [0.4, 0.5) is 5.82 Å². The molecule has 0 aliphatic heterocycles. The van der Waals surface area contributed by atoms with Gasteiger partial charge in [0, 0.05) is 19.3 Å². The number of nitrogens with two attached hydrogens (primary N) is 1. The molecule has 3 aromatic rings. The number of rotatable bonds is 4. The Morgan fingerprint density at radius 1 is 1.21 bits per heavy atom. The molecule has 0 fully saturated rings. The van der Waals surface area contributed by atoms with E-state index in [1.54, 1.807) is 17.1 Å². The van der Waals surface area contributed by atoms with E-state index in [0.717, 1.165) is 17.0 Å². The van der Waals surface area contributed by atoms with Crippen molar-refractivity contribution in [2.45, 2.75) is 0 Å². The molecule has 96 valence electrons. The summed E-state index contributed by atoms with van der Waals surface area (Å²) in [6, 6.07) is 5.64. The van der Waals surface area contributed by atoms with Gasteiger partial charge in [0.1, 0.15) is 12.1 Å². The molecule has 0 saturated heterocycles. The third kappa shape index (κ3) is 2.11. The van der Waals surface area contributed by atoms with Gasteiger partial charge >= 0.3 is 0 Å². The van der Waals surface area contributed by atoms with Gasteiger partial charge in [-0.05, 0) is 12.1 Å². The highest BCUT2D eigenvalue weighted by Gasteiger charge is 2.10. The molecule has 0 saturated carbocycles. The standard InChI is InChI=1S/C12H13N7/c13-4-6-15-11-9-7-18-19(12(9)17-8-16-11)10-3-1-2-5-14-10/h1-3,5,7-8H,4,6,13H2,(H,15,16,17). The van der Waals surface area contributed by atoms with E-state index in [2.05, 4.69) is 25.4 Å². The Labute approximate surface area is 109 Å². The van der Waals surface area contributed by atoms with Crippen molar-refractivity contribution in [3.8, 4) is 5.82 Å². The maximum Gasteiger partial charge on any atom is 0.170 e. The van der Waals surface area contributed by atoms with Crippen molar-refractivity contribution in [3.05, 3.63) is 36.9 Å². The Kier molecular flexibility index (Phi) is 3.03. The Morgan fingerprint density at radius 2 is 2.16 bits per heavy atom. The molecule has 0 atom stereocenters. The molecule has 0 aromatic carbocycles. The predicted molar refractivity (Wildman–Crippen MR) is 72.0 cm³/mol. The van der Waals surface area contributed by atoms with Gasteiger partial charge in [-0.1, -0.05) is 6.07 Å². The lowest BCUT2D eigenvalue weighted by atomic mass is 10.4. The molecule has 0 spiro atoms. The van der Waals surface area contributed by atoms with Gasteiger partial charge in [-0.25, -0.2) is 15.0 Å². The van der Waals surface area contributed by atoms with Crippen LogP contribution in [0.15, 0.2) is 36.9 Å². The molecule has 3 aromatic heterocycles. The maximum absolute atomic E-state index is 5.48. The SMILES string of the molecule is NCCNc1ncnc2c1cnn2-c1ccccn1. The largest absolute Gasteiger partial charge is 0.368 e. The second-order valence-corrected chi connectivity index (χ2v) is 3.92. The van der Waals surface area contributed by atoms with E-state index < -0.39 is 0 Å². The zero-order valence-corrected chi connectivity index (χ0v) is 10.2. The summed E-state index contributed by atoms with van der Waals surface area (Å²) in [7, 11) is 0. The molecular formula is C12H13N7. The monoisotopic (exact) mass is 255 g/mol. The summed E-state index contributed by atoms with van der Waals surface area (Å²) in [5, 5.41) is 8.32. The third-order valence-electron chi connectivity index (χ3n) is 2.67. The van der Waals surface area contributed by atoms with Gasteiger partial charge in [-0.15, -0.1) is 0 Å². The number of hydrogen-bond acceptors (Lipinski definition) is 6. The fourth-order valence-corrected chi connectivity index (χ4v) is 1.82. The van der Waals surface area contributed by atoms with Crippen molar-refractivity contribution in [1.29, 1.82) is 0 Å². The first kappa shape index (κ1) is 11.5. The Morgan fingerprint density at radius 3 is 2.95 bits per heavy atom. The third-order valence-corrected chi connectivity index (χ3v) is 2.67. The number of nitrogens with zero attached hydrogens (tertiary/aromatic N) is 5. The van der Waals surface area contributed by atoms with Crippen LogP contribution in [0.1, 0.15) is 0 Å². The van der Waals surface area contributed by atoms with Crippen LogP contribution in [0.25, 0.3) is 16.9 Å². The zero-order chi connectivity index (χ0) is 13.1. The summed E-state index contributed by atoms with van der Waals surface area (Å²) in [4.78, 5) is 12.7. The van der Waals surface area contributed by atoms with Gasteiger partial charge in [0.25, 0.3) is 0 Å². The Bertz CT molecular complexity index is 677. The number of fused-ring (bicyclic) bond motifs is 1. The molecule has 0 bridgehead atoms. The minimum Gasteiger partial charge on any atom is -0.368 e.